The van der Waals surface area contributed by atoms with E-state index in [2.05, 4.69) is 0 Å². The van der Waals surface area contributed by atoms with Crippen LogP contribution >= 0.6 is 0 Å². The molecule has 3 heteroatoms. The van der Waals surface area contributed by atoms with Gasteiger partial charge in [-0.2, -0.15) is 0 Å². The van der Waals surface area contributed by atoms with Crippen LogP contribution in [0.1, 0.15) is 25.7 Å². The first kappa shape index (κ1) is 9.44. The van der Waals surface area contributed by atoms with Gasteiger partial charge in [0.05, 0.1) is 18.3 Å². The van der Waals surface area contributed by atoms with Gasteiger partial charge in [-0.1, -0.05) is 0 Å². The molecule has 0 aromatic carbocycles. The first-order valence-electron chi connectivity index (χ1n) is 5.09. The highest BCUT2D eigenvalue weighted by molar-refractivity contribution is 4.99. The van der Waals surface area contributed by atoms with Gasteiger partial charge < -0.3 is 14.6 Å². The lowest BCUT2D eigenvalue weighted by molar-refractivity contribution is -0.166. The van der Waals surface area contributed by atoms with Crippen molar-refractivity contribution in [2.75, 3.05) is 20.3 Å². The molecule has 1 saturated heterocycles. The minimum Gasteiger partial charge on any atom is -0.390 e. The van der Waals surface area contributed by atoms with Crippen molar-refractivity contribution in [3.8, 4) is 0 Å². The van der Waals surface area contributed by atoms with Crippen LogP contribution in [0.25, 0.3) is 0 Å². The third-order valence-corrected chi connectivity index (χ3v) is 3.56. The highest BCUT2D eigenvalue weighted by Crippen LogP contribution is 2.41. The van der Waals surface area contributed by atoms with Gasteiger partial charge in [0.25, 0.3) is 0 Å². The van der Waals surface area contributed by atoms with Crippen molar-refractivity contribution in [3.63, 3.8) is 0 Å². The predicted molar refractivity (Wildman–Crippen MR) is 48.5 cm³/mol. The monoisotopic (exact) mass is 186 g/mol. The lowest BCUT2D eigenvalue weighted by atomic mass is 9.71. The molecule has 2 atom stereocenters. The molecule has 0 aromatic rings. The van der Waals surface area contributed by atoms with Crippen LogP contribution in [0, 0.1) is 5.92 Å². The Hall–Kier alpha value is -0.120. The molecule has 76 valence electrons. The summed E-state index contributed by atoms with van der Waals surface area (Å²) >= 11 is 0. The molecule has 0 spiro atoms. The maximum atomic E-state index is 10.1. The first-order chi connectivity index (χ1) is 6.28. The topological polar surface area (TPSA) is 38.7 Å². The van der Waals surface area contributed by atoms with E-state index in [1.165, 1.54) is 6.42 Å². The van der Waals surface area contributed by atoms with Gasteiger partial charge in [0.2, 0.25) is 0 Å². The molecule has 1 aliphatic carbocycles. The van der Waals surface area contributed by atoms with Gasteiger partial charge in [0.15, 0.2) is 0 Å². The van der Waals surface area contributed by atoms with E-state index in [1.54, 1.807) is 7.11 Å². The van der Waals surface area contributed by atoms with Crippen molar-refractivity contribution in [1.82, 2.24) is 0 Å². The van der Waals surface area contributed by atoms with Crippen molar-refractivity contribution in [3.05, 3.63) is 0 Å². The van der Waals surface area contributed by atoms with E-state index in [-0.39, 0.29) is 11.7 Å². The number of aliphatic hydroxyl groups excluding tert-OH is 1. The van der Waals surface area contributed by atoms with Crippen molar-refractivity contribution < 1.29 is 14.6 Å². The van der Waals surface area contributed by atoms with Crippen LogP contribution < -0.4 is 0 Å². The Balaban J connectivity index is 1.97. The van der Waals surface area contributed by atoms with Crippen LogP contribution in [0.2, 0.25) is 0 Å². The lowest BCUT2D eigenvalue weighted by Crippen LogP contribution is -2.53. The molecule has 2 fully saturated rings. The summed E-state index contributed by atoms with van der Waals surface area (Å²) in [5, 5.41) is 10.1. The molecule has 0 bridgehead atoms. The molecule has 3 nitrogen and oxygen atoms in total. The van der Waals surface area contributed by atoms with Crippen LogP contribution in [0.15, 0.2) is 0 Å². The van der Waals surface area contributed by atoms with Gasteiger partial charge in [-0.3, -0.25) is 0 Å². The Morgan fingerprint density at radius 3 is 2.69 bits per heavy atom. The third kappa shape index (κ3) is 1.49. The molecular formula is C10H18O3. The largest absolute Gasteiger partial charge is 0.390 e. The van der Waals surface area contributed by atoms with Crippen molar-refractivity contribution in [2.45, 2.75) is 37.4 Å². The summed E-state index contributed by atoms with van der Waals surface area (Å²) in [4.78, 5) is 0. The van der Waals surface area contributed by atoms with Crippen LogP contribution in [0.5, 0.6) is 0 Å². The van der Waals surface area contributed by atoms with E-state index >= 15 is 0 Å². The van der Waals surface area contributed by atoms with E-state index in [1.807, 2.05) is 0 Å². The van der Waals surface area contributed by atoms with Crippen molar-refractivity contribution >= 4 is 0 Å². The third-order valence-electron chi connectivity index (χ3n) is 3.56. The molecule has 2 rings (SSSR count). The molecule has 1 N–H and O–H groups in total. The molecule has 0 radical (unpaired) electrons. The fourth-order valence-corrected chi connectivity index (χ4v) is 2.38. The molecule has 2 unspecified atom stereocenters. The average Bonchev–Trinajstić information content (AvgIpc) is 2.54. The highest BCUT2D eigenvalue weighted by Gasteiger charge is 2.47. The van der Waals surface area contributed by atoms with Gasteiger partial charge in [-0.15, -0.1) is 0 Å². The second-order valence-electron chi connectivity index (χ2n) is 4.19. The van der Waals surface area contributed by atoms with Gasteiger partial charge in [-0.05, 0) is 25.7 Å². The minimum absolute atomic E-state index is 0.238. The average molecular weight is 186 g/mol. The second kappa shape index (κ2) is 3.56. The lowest BCUT2D eigenvalue weighted by Gasteiger charge is -2.45. The molecule has 0 aromatic heterocycles. The van der Waals surface area contributed by atoms with E-state index in [9.17, 15) is 5.11 Å². The number of rotatable bonds is 3. The van der Waals surface area contributed by atoms with E-state index in [4.69, 9.17) is 9.47 Å². The summed E-state index contributed by atoms with van der Waals surface area (Å²) in [6, 6.07) is 0. The fourth-order valence-electron chi connectivity index (χ4n) is 2.38. The standard InChI is InChI=1S/C10H18O3/c1-12-10(4-2-5-10)9(11)8-3-6-13-7-8/h8-9,11H,2-7H2,1H3. The Morgan fingerprint density at radius 1 is 1.54 bits per heavy atom. The van der Waals surface area contributed by atoms with Gasteiger partial charge >= 0.3 is 0 Å². The van der Waals surface area contributed by atoms with Gasteiger partial charge in [0.1, 0.15) is 0 Å². The van der Waals surface area contributed by atoms with E-state index < -0.39 is 0 Å². The highest BCUT2D eigenvalue weighted by atomic mass is 16.5. The maximum Gasteiger partial charge on any atom is 0.0940 e. The summed E-state index contributed by atoms with van der Waals surface area (Å²) in [6.07, 6.45) is 3.83. The smallest absolute Gasteiger partial charge is 0.0940 e. The van der Waals surface area contributed by atoms with Crippen LogP contribution in [0.4, 0.5) is 0 Å². The summed E-state index contributed by atoms with van der Waals surface area (Å²) in [5.41, 5.74) is -0.238. The van der Waals surface area contributed by atoms with Crippen LogP contribution in [-0.4, -0.2) is 37.1 Å². The molecule has 13 heavy (non-hydrogen) atoms. The quantitative estimate of drug-likeness (QED) is 0.713. The fraction of sp³-hybridized carbons (Fsp3) is 1.00. The van der Waals surface area contributed by atoms with Crippen molar-refractivity contribution in [1.29, 1.82) is 0 Å². The summed E-state index contributed by atoms with van der Waals surface area (Å²) in [7, 11) is 1.71. The predicted octanol–water partition coefficient (Wildman–Crippen LogP) is 0.953. The minimum atomic E-state index is -0.325. The normalized spacial score (nSPS) is 34.2. The number of ether oxygens (including phenoxy) is 2. The Kier molecular flexibility index (Phi) is 2.58. The molecule has 0 amide bonds. The Morgan fingerprint density at radius 2 is 2.31 bits per heavy atom. The Bertz CT molecular complexity index is 165. The number of aliphatic hydroxyl groups is 1. The van der Waals surface area contributed by atoms with Crippen LogP contribution in [-0.2, 0) is 9.47 Å². The maximum absolute atomic E-state index is 10.1. The van der Waals surface area contributed by atoms with Crippen molar-refractivity contribution in [2.24, 2.45) is 5.92 Å². The molecule has 1 aliphatic heterocycles. The van der Waals surface area contributed by atoms with Crippen LogP contribution in [0.3, 0.4) is 0 Å². The number of hydrogen-bond acceptors (Lipinski definition) is 3. The zero-order valence-electron chi connectivity index (χ0n) is 8.16. The van der Waals surface area contributed by atoms with E-state index in [0.29, 0.717) is 12.5 Å². The van der Waals surface area contributed by atoms with Gasteiger partial charge in [-0.25, -0.2) is 0 Å². The number of hydrogen-bond donors (Lipinski definition) is 1. The SMILES string of the molecule is COC1(C(O)C2CCOC2)CCC1. The summed E-state index contributed by atoms with van der Waals surface area (Å²) in [5.74, 6) is 0.292. The Labute approximate surface area is 79.0 Å². The first-order valence-corrected chi connectivity index (χ1v) is 5.09. The number of methoxy groups -OCH3 is 1. The molecule has 2 aliphatic rings. The van der Waals surface area contributed by atoms with Gasteiger partial charge in [0, 0.05) is 19.6 Å². The molecule has 1 saturated carbocycles. The second-order valence-corrected chi connectivity index (χ2v) is 4.19. The van der Waals surface area contributed by atoms with E-state index in [0.717, 1.165) is 25.9 Å². The molecule has 1 heterocycles. The summed E-state index contributed by atoms with van der Waals surface area (Å²) in [6.45, 7) is 1.49. The summed E-state index contributed by atoms with van der Waals surface area (Å²) < 4.78 is 10.7. The zero-order chi connectivity index (χ0) is 9.31. The molecular weight excluding hydrogens is 168 g/mol. The zero-order valence-corrected chi connectivity index (χ0v) is 8.16.